The number of hydrogen-bond acceptors (Lipinski definition) is 4. The van der Waals surface area contributed by atoms with E-state index in [1.807, 2.05) is 23.0 Å². The normalized spacial score (nSPS) is 13.8. The van der Waals surface area contributed by atoms with Crippen LogP contribution >= 0.6 is 0 Å². The van der Waals surface area contributed by atoms with Crippen LogP contribution in [-0.2, 0) is 12.1 Å². The van der Waals surface area contributed by atoms with Crippen molar-refractivity contribution in [1.29, 1.82) is 0 Å². The molecule has 2 rings (SSSR count). The van der Waals surface area contributed by atoms with Crippen molar-refractivity contribution < 1.29 is 4.42 Å². The average Bonchev–Trinajstić information content (AvgIpc) is 2.96. The van der Waals surface area contributed by atoms with Crippen LogP contribution in [0.5, 0.6) is 0 Å². The predicted octanol–water partition coefficient (Wildman–Crippen LogP) is 2.48. The van der Waals surface area contributed by atoms with E-state index >= 15 is 0 Å². The third kappa shape index (κ3) is 2.98. The number of aromatic nitrogens is 3. The number of furan rings is 1. The van der Waals surface area contributed by atoms with Crippen molar-refractivity contribution in [2.24, 2.45) is 0 Å². The zero-order valence-corrected chi connectivity index (χ0v) is 11.3. The summed E-state index contributed by atoms with van der Waals surface area (Å²) in [6.07, 6.45) is 3.66. The van der Waals surface area contributed by atoms with Crippen molar-refractivity contribution in [3.63, 3.8) is 0 Å². The summed E-state index contributed by atoms with van der Waals surface area (Å²) in [7, 11) is 0. The first kappa shape index (κ1) is 12.8. The molecule has 0 spiro atoms. The van der Waals surface area contributed by atoms with Gasteiger partial charge in [0.05, 0.1) is 29.7 Å². The van der Waals surface area contributed by atoms with Crippen LogP contribution in [0, 0.1) is 0 Å². The van der Waals surface area contributed by atoms with E-state index < -0.39 is 0 Å². The molecule has 1 N–H and O–H groups in total. The fourth-order valence-electron chi connectivity index (χ4n) is 1.60. The maximum atomic E-state index is 5.34. The quantitative estimate of drug-likeness (QED) is 0.903. The Kier molecular flexibility index (Phi) is 3.52. The highest BCUT2D eigenvalue weighted by Gasteiger charge is 2.15. The van der Waals surface area contributed by atoms with E-state index in [4.69, 9.17) is 4.42 Å². The molecule has 0 saturated carbocycles. The van der Waals surface area contributed by atoms with Crippen LogP contribution in [0.25, 0.3) is 0 Å². The predicted molar refractivity (Wildman–Crippen MR) is 69.0 cm³/mol. The minimum atomic E-state index is -0.0299. The number of rotatable bonds is 4. The summed E-state index contributed by atoms with van der Waals surface area (Å²) >= 11 is 0. The van der Waals surface area contributed by atoms with Crippen LogP contribution in [0.1, 0.15) is 45.2 Å². The summed E-state index contributed by atoms with van der Waals surface area (Å²) in [6, 6.07) is 4.02. The lowest BCUT2D eigenvalue weighted by atomic mass is 10.1. The minimum Gasteiger partial charge on any atom is -0.468 e. The van der Waals surface area contributed by atoms with Crippen molar-refractivity contribution in [2.75, 3.05) is 0 Å². The molecule has 0 bridgehead atoms. The summed E-state index contributed by atoms with van der Waals surface area (Å²) in [4.78, 5) is 0. The molecular weight excluding hydrogens is 228 g/mol. The first-order valence-electron chi connectivity index (χ1n) is 6.15. The molecule has 5 nitrogen and oxygen atoms in total. The summed E-state index contributed by atoms with van der Waals surface area (Å²) in [5.74, 6) is 0.929. The Morgan fingerprint density at radius 3 is 2.78 bits per heavy atom. The third-order valence-corrected chi connectivity index (χ3v) is 2.79. The second-order valence-corrected chi connectivity index (χ2v) is 5.44. The minimum absolute atomic E-state index is 0.0299. The molecule has 0 saturated heterocycles. The molecule has 18 heavy (non-hydrogen) atoms. The molecule has 0 unspecified atom stereocenters. The zero-order chi connectivity index (χ0) is 13.2. The largest absolute Gasteiger partial charge is 0.468 e. The van der Waals surface area contributed by atoms with Gasteiger partial charge in [-0.25, -0.2) is 4.68 Å². The van der Waals surface area contributed by atoms with E-state index in [-0.39, 0.29) is 11.6 Å². The summed E-state index contributed by atoms with van der Waals surface area (Å²) in [5, 5.41) is 11.6. The highest BCUT2D eigenvalue weighted by molar-refractivity contribution is 5.04. The van der Waals surface area contributed by atoms with Crippen LogP contribution in [0.3, 0.4) is 0 Å². The topological polar surface area (TPSA) is 55.9 Å². The fourth-order valence-corrected chi connectivity index (χ4v) is 1.60. The molecule has 0 radical (unpaired) electrons. The van der Waals surface area contributed by atoms with E-state index in [2.05, 4.69) is 43.3 Å². The first-order valence-corrected chi connectivity index (χ1v) is 6.15. The first-order chi connectivity index (χ1) is 8.47. The molecule has 2 heterocycles. The van der Waals surface area contributed by atoms with Gasteiger partial charge in [0.25, 0.3) is 0 Å². The lowest BCUT2D eigenvalue weighted by molar-refractivity contribution is 0.346. The molecule has 5 heteroatoms. The number of nitrogens with one attached hydrogen (secondary N) is 1. The van der Waals surface area contributed by atoms with Crippen molar-refractivity contribution in [3.05, 3.63) is 36.0 Å². The summed E-state index contributed by atoms with van der Waals surface area (Å²) in [6.45, 7) is 9.05. The Morgan fingerprint density at radius 1 is 1.44 bits per heavy atom. The van der Waals surface area contributed by atoms with E-state index in [0.717, 1.165) is 11.5 Å². The lowest BCUT2D eigenvalue weighted by Crippen LogP contribution is -2.22. The van der Waals surface area contributed by atoms with Crippen LogP contribution in [-0.4, -0.2) is 15.0 Å². The Morgan fingerprint density at radius 2 is 2.22 bits per heavy atom. The number of hydrogen-bond donors (Lipinski definition) is 1. The van der Waals surface area contributed by atoms with E-state index in [0.29, 0.717) is 6.54 Å². The Hall–Kier alpha value is -1.62. The second kappa shape index (κ2) is 4.94. The lowest BCUT2D eigenvalue weighted by Gasteiger charge is -2.17. The molecule has 98 valence electrons. The van der Waals surface area contributed by atoms with Gasteiger partial charge in [-0.1, -0.05) is 5.21 Å². The Labute approximate surface area is 107 Å². The van der Waals surface area contributed by atoms with E-state index in [1.54, 1.807) is 6.26 Å². The monoisotopic (exact) mass is 248 g/mol. The summed E-state index contributed by atoms with van der Waals surface area (Å²) in [5.41, 5.74) is 0.904. The Balaban J connectivity index is 1.93. The van der Waals surface area contributed by atoms with Gasteiger partial charge in [-0.3, -0.25) is 0 Å². The van der Waals surface area contributed by atoms with E-state index in [1.165, 1.54) is 0 Å². The standard InChI is InChI=1S/C13H20N4O/c1-10(12-6-5-7-18-12)14-8-11-9-17(16-15-11)13(2,3)4/h5-7,9-10,14H,8H2,1-4H3/t10-/m1/s1. The second-order valence-electron chi connectivity index (χ2n) is 5.44. The van der Waals surface area contributed by atoms with Crippen molar-refractivity contribution in [1.82, 2.24) is 20.3 Å². The van der Waals surface area contributed by atoms with Gasteiger partial charge in [0.2, 0.25) is 0 Å². The van der Waals surface area contributed by atoms with Gasteiger partial charge in [-0.15, -0.1) is 5.10 Å². The highest BCUT2D eigenvalue weighted by atomic mass is 16.3. The summed E-state index contributed by atoms with van der Waals surface area (Å²) < 4.78 is 7.22. The van der Waals surface area contributed by atoms with Crippen LogP contribution in [0.15, 0.2) is 29.0 Å². The van der Waals surface area contributed by atoms with Gasteiger partial charge in [-0.05, 0) is 39.8 Å². The van der Waals surface area contributed by atoms with Crippen molar-refractivity contribution in [2.45, 2.75) is 45.8 Å². The van der Waals surface area contributed by atoms with Crippen LogP contribution < -0.4 is 5.32 Å². The molecule has 0 aliphatic rings. The van der Waals surface area contributed by atoms with Gasteiger partial charge in [0.15, 0.2) is 0 Å². The average molecular weight is 248 g/mol. The molecule has 0 amide bonds. The Bertz CT molecular complexity index is 481. The zero-order valence-electron chi connectivity index (χ0n) is 11.3. The molecule has 2 aromatic heterocycles. The molecule has 2 aromatic rings. The van der Waals surface area contributed by atoms with E-state index in [9.17, 15) is 0 Å². The highest BCUT2D eigenvalue weighted by Crippen LogP contribution is 2.14. The van der Waals surface area contributed by atoms with Gasteiger partial charge in [0, 0.05) is 6.54 Å². The SMILES string of the molecule is C[C@@H](NCc1cn(C(C)(C)C)nn1)c1ccco1. The van der Waals surface area contributed by atoms with Crippen molar-refractivity contribution >= 4 is 0 Å². The van der Waals surface area contributed by atoms with Gasteiger partial charge >= 0.3 is 0 Å². The fraction of sp³-hybridized carbons (Fsp3) is 0.538. The molecule has 0 aliphatic carbocycles. The van der Waals surface area contributed by atoms with Gasteiger partial charge < -0.3 is 9.73 Å². The third-order valence-electron chi connectivity index (χ3n) is 2.79. The molecule has 1 atom stereocenters. The van der Waals surface area contributed by atoms with Crippen molar-refractivity contribution in [3.8, 4) is 0 Å². The number of nitrogens with zero attached hydrogens (tertiary/aromatic N) is 3. The van der Waals surface area contributed by atoms with Gasteiger partial charge in [0.1, 0.15) is 5.76 Å². The smallest absolute Gasteiger partial charge is 0.120 e. The maximum absolute atomic E-state index is 5.34. The molecule has 0 aromatic carbocycles. The maximum Gasteiger partial charge on any atom is 0.120 e. The molecular formula is C13H20N4O. The molecule has 0 aliphatic heterocycles. The van der Waals surface area contributed by atoms with Crippen LogP contribution in [0.4, 0.5) is 0 Å². The van der Waals surface area contributed by atoms with Crippen LogP contribution in [0.2, 0.25) is 0 Å². The molecule has 0 fully saturated rings. The van der Waals surface area contributed by atoms with Gasteiger partial charge in [-0.2, -0.15) is 0 Å².